The number of nitrogens with one attached hydrogen (secondary N) is 1. The van der Waals surface area contributed by atoms with E-state index in [1.54, 1.807) is 0 Å². The van der Waals surface area contributed by atoms with Crippen LogP contribution in [0.4, 0.5) is 5.69 Å². The molecule has 1 heterocycles. The third-order valence-electron chi connectivity index (χ3n) is 3.26. The van der Waals surface area contributed by atoms with E-state index in [9.17, 15) is 9.59 Å². The molecule has 0 aliphatic carbocycles. The van der Waals surface area contributed by atoms with Gasteiger partial charge >= 0.3 is 5.97 Å². The minimum atomic E-state index is -0.938. The van der Waals surface area contributed by atoms with Crippen LogP contribution in [-0.2, 0) is 22.4 Å². The molecule has 0 aliphatic heterocycles. The van der Waals surface area contributed by atoms with E-state index in [2.05, 4.69) is 15.5 Å². The highest BCUT2D eigenvalue weighted by molar-refractivity contribution is 5.92. The number of anilines is 1. The first-order chi connectivity index (χ1) is 10.5. The molecule has 0 bridgehead atoms. The average molecular weight is 303 g/mol. The van der Waals surface area contributed by atoms with Crippen LogP contribution in [0.3, 0.4) is 0 Å². The van der Waals surface area contributed by atoms with Crippen LogP contribution in [0.15, 0.2) is 22.7 Å². The zero-order valence-corrected chi connectivity index (χ0v) is 12.4. The van der Waals surface area contributed by atoms with Crippen molar-refractivity contribution in [2.45, 2.75) is 33.1 Å². The van der Waals surface area contributed by atoms with Gasteiger partial charge in [-0.05, 0) is 31.0 Å². The summed E-state index contributed by atoms with van der Waals surface area (Å²) < 4.78 is 4.90. The number of rotatable bonds is 6. The van der Waals surface area contributed by atoms with Crippen LogP contribution in [0.1, 0.15) is 29.3 Å². The molecule has 2 N–H and O–H groups in total. The number of carboxylic acid groups (broad SMARTS) is 1. The number of hydrogen-bond acceptors (Lipinski definition) is 5. The lowest BCUT2D eigenvalue weighted by atomic mass is 10.1. The van der Waals surface area contributed by atoms with Crippen LogP contribution >= 0.6 is 0 Å². The van der Waals surface area contributed by atoms with Gasteiger partial charge in [-0.2, -0.15) is 4.98 Å². The van der Waals surface area contributed by atoms with Gasteiger partial charge in [0, 0.05) is 12.1 Å². The van der Waals surface area contributed by atoms with E-state index in [0.29, 0.717) is 0 Å². The number of carboxylic acids is 1. The maximum Gasteiger partial charge on any atom is 0.303 e. The molecule has 0 fully saturated rings. The highest BCUT2D eigenvalue weighted by Crippen LogP contribution is 2.18. The zero-order valence-electron chi connectivity index (χ0n) is 12.4. The summed E-state index contributed by atoms with van der Waals surface area (Å²) in [6.45, 7) is 3.90. The van der Waals surface area contributed by atoms with Gasteiger partial charge in [0.2, 0.25) is 11.8 Å². The van der Waals surface area contributed by atoms with Crippen molar-refractivity contribution in [2.75, 3.05) is 5.32 Å². The summed E-state index contributed by atoms with van der Waals surface area (Å²) in [5, 5.41) is 15.1. The first-order valence-corrected chi connectivity index (χ1v) is 6.85. The molecule has 7 nitrogen and oxygen atoms in total. The first-order valence-electron chi connectivity index (χ1n) is 6.85. The summed E-state index contributed by atoms with van der Waals surface area (Å²) in [5.41, 5.74) is 2.85. The van der Waals surface area contributed by atoms with Crippen LogP contribution < -0.4 is 5.32 Å². The van der Waals surface area contributed by atoms with E-state index in [1.165, 1.54) is 0 Å². The molecule has 1 amide bonds. The second-order valence-electron chi connectivity index (χ2n) is 4.97. The Bertz CT molecular complexity index is 694. The lowest BCUT2D eigenvalue weighted by Crippen LogP contribution is -2.16. The van der Waals surface area contributed by atoms with Crippen molar-refractivity contribution < 1.29 is 19.2 Å². The van der Waals surface area contributed by atoms with Crippen molar-refractivity contribution >= 4 is 17.6 Å². The Balaban J connectivity index is 1.94. The zero-order chi connectivity index (χ0) is 16.1. The molecule has 116 valence electrons. The molecule has 0 aliphatic rings. The number of aryl methyl sites for hydroxylation is 2. The van der Waals surface area contributed by atoms with Crippen molar-refractivity contribution in [1.29, 1.82) is 0 Å². The lowest BCUT2D eigenvalue weighted by molar-refractivity contribution is -0.137. The van der Waals surface area contributed by atoms with Gasteiger partial charge in [-0.3, -0.25) is 9.59 Å². The molecule has 2 rings (SSSR count). The Morgan fingerprint density at radius 1 is 1.32 bits per heavy atom. The lowest BCUT2D eigenvalue weighted by Gasteiger charge is -2.09. The van der Waals surface area contributed by atoms with Gasteiger partial charge in [0.05, 0.1) is 12.8 Å². The number of aliphatic carboxylic acids is 1. The number of carbonyl (C=O) groups excluding carboxylic acids is 1. The number of hydrogen-bond donors (Lipinski definition) is 2. The smallest absolute Gasteiger partial charge is 0.303 e. The van der Waals surface area contributed by atoms with Crippen LogP contribution in [0.5, 0.6) is 0 Å². The molecule has 0 unspecified atom stereocenters. The predicted molar refractivity (Wildman–Crippen MR) is 78.5 cm³/mol. The van der Waals surface area contributed by atoms with Gasteiger partial charge in [-0.1, -0.05) is 17.3 Å². The largest absolute Gasteiger partial charge is 0.481 e. The van der Waals surface area contributed by atoms with Crippen LogP contribution in [0, 0.1) is 13.8 Å². The standard InChI is InChI=1S/C15H17N3O4/c1-9-4-3-5-11(10(9)2)16-13(19)8-12-17-14(22-18-12)6-7-15(20)21/h3-5H,6-8H2,1-2H3,(H,16,19)(H,20,21). The maximum atomic E-state index is 12.0. The second kappa shape index (κ2) is 6.84. The summed E-state index contributed by atoms with van der Waals surface area (Å²) in [5.74, 6) is -0.730. The summed E-state index contributed by atoms with van der Waals surface area (Å²) in [4.78, 5) is 26.5. The van der Waals surface area contributed by atoms with E-state index in [1.807, 2.05) is 32.0 Å². The van der Waals surface area contributed by atoms with E-state index < -0.39 is 5.97 Å². The van der Waals surface area contributed by atoms with Crippen molar-refractivity contribution in [3.63, 3.8) is 0 Å². The Morgan fingerprint density at radius 3 is 2.82 bits per heavy atom. The number of nitrogens with zero attached hydrogens (tertiary/aromatic N) is 2. The van der Waals surface area contributed by atoms with Gasteiger partial charge in [0.15, 0.2) is 5.82 Å². The van der Waals surface area contributed by atoms with E-state index in [0.717, 1.165) is 16.8 Å². The molecule has 0 radical (unpaired) electrons. The Morgan fingerprint density at radius 2 is 2.09 bits per heavy atom. The fourth-order valence-corrected chi connectivity index (χ4v) is 1.90. The number of aromatic nitrogens is 2. The first kappa shape index (κ1) is 15.7. The number of carbonyl (C=O) groups is 2. The second-order valence-corrected chi connectivity index (χ2v) is 4.97. The molecular formula is C15H17N3O4. The SMILES string of the molecule is Cc1cccc(NC(=O)Cc2noc(CCC(=O)O)n2)c1C. The fourth-order valence-electron chi connectivity index (χ4n) is 1.90. The minimum absolute atomic E-state index is 0.0239. The van der Waals surface area contributed by atoms with Crippen LogP contribution in [-0.4, -0.2) is 27.1 Å². The normalized spacial score (nSPS) is 10.5. The predicted octanol–water partition coefficient (Wildman–Crippen LogP) is 1.88. The molecule has 1 aromatic carbocycles. The van der Waals surface area contributed by atoms with E-state index in [-0.39, 0.29) is 36.9 Å². The van der Waals surface area contributed by atoms with Crippen molar-refractivity contribution in [3.8, 4) is 0 Å². The Kier molecular flexibility index (Phi) is 4.88. The molecule has 7 heteroatoms. The molecule has 0 spiro atoms. The average Bonchev–Trinajstić information content (AvgIpc) is 2.89. The monoisotopic (exact) mass is 303 g/mol. The number of amides is 1. The Hall–Kier alpha value is -2.70. The molecular weight excluding hydrogens is 286 g/mol. The summed E-state index contributed by atoms with van der Waals surface area (Å²) >= 11 is 0. The quantitative estimate of drug-likeness (QED) is 0.844. The Labute approximate surface area is 127 Å². The molecule has 0 atom stereocenters. The minimum Gasteiger partial charge on any atom is -0.481 e. The van der Waals surface area contributed by atoms with Gasteiger partial charge in [0.25, 0.3) is 0 Å². The van der Waals surface area contributed by atoms with Crippen molar-refractivity contribution in [1.82, 2.24) is 10.1 Å². The molecule has 0 saturated carbocycles. The van der Waals surface area contributed by atoms with E-state index >= 15 is 0 Å². The third-order valence-corrected chi connectivity index (χ3v) is 3.26. The highest BCUT2D eigenvalue weighted by atomic mass is 16.5. The van der Waals surface area contributed by atoms with Gasteiger partial charge in [0.1, 0.15) is 0 Å². The van der Waals surface area contributed by atoms with Crippen molar-refractivity contribution in [2.24, 2.45) is 0 Å². The van der Waals surface area contributed by atoms with E-state index in [4.69, 9.17) is 9.63 Å². The van der Waals surface area contributed by atoms with Crippen LogP contribution in [0.25, 0.3) is 0 Å². The highest BCUT2D eigenvalue weighted by Gasteiger charge is 2.13. The molecule has 2 aromatic rings. The van der Waals surface area contributed by atoms with Gasteiger partial charge < -0.3 is 14.9 Å². The maximum absolute atomic E-state index is 12.0. The van der Waals surface area contributed by atoms with Gasteiger partial charge in [-0.15, -0.1) is 0 Å². The number of benzene rings is 1. The molecule has 0 saturated heterocycles. The topological polar surface area (TPSA) is 105 Å². The third kappa shape index (κ3) is 4.15. The molecule has 1 aromatic heterocycles. The van der Waals surface area contributed by atoms with Gasteiger partial charge in [-0.25, -0.2) is 0 Å². The summed E-state index contributed by atoms with van der Waals surface area (Å²) in [7, 11) is 0. The molecule has 22 heavy (non-hydrogen) atoms. The van der Waals surface area contributed by atoms with Crippen molar-refractivity contribution in [3.05, 3.63) is 41.0 Å². The summed E-state index contributed by atoms with van der Waals surface area (Å²) in [6.07, 6.45) is 0.0429. The fraction of sp³-hybridized carbons (Fsp3) is 0.333. The van der Waals surface area contributed by atoms with Crippen LogP contribution in [0.2, 0.25) is 0 Å². The summed E-state index contributed by atoms with van der Waals surface area (Å²) in [6, 6.07) is 5.67.